The van der Waals surface area contributed by atoms with E-state index in [1.165, 1.54) is 47.7 Å². The molecule has 3 aliphatic carbocycles. The fourth-order valence-electron chi connectivity index (χ4n) is 5.00. The van der Waals surface area contributed by atoms with Crippen molar-refractivity contribution in [3.8, 4) is 0 Å². The Kier molecular flexibility index (Phi) is 4.24. The first kappa shape index (κ1) is 13.3. The SMILES string of the molecule is C=CC1CCC2C3CC(SCCC[SiH3])C(C3)C2C1. The van der Waals surface area contributed by atoms with E-state index >= 15 is 0 Å². The second-order valence-corrected chi connectivity index (χ2v) is 9.14. The molecule has 6 atom stereocenters. The smallest absolute Gasteiger partial charge is 0.00809 e. The molecule has 3 aliphatic rings. The number of fused-ring (bicyclic) bond motifs is 5. The van der Waals surface area contributed by atoms with Crippen molar-refractivity contribution in [2.24, 2.45) is 29.6 Å². The second kappa shape index (κ2) is 5.74. The summed E-state index contributed by atoms with van der Waals surface area (Å²) >= 11 is 2.33. The van der Waals surface area contributed by atoms with Crippen molar-refractivity contribution in [2.45, 2.75) is 49.8 Å². The molecule has 6 unspecified atom stereocenters. The van der Waals surface area contributed by atoms with E-state index in [-0.39, 0.29) is 0 Å². The van der Waals surface area contributed by atoms with E-state index in [0.717, 1.165) is 34.8 Å². The molecule has 0 saturated heterocycles. The zero-order chi connectivity index (χ0) is 12.5. The predicted octanol–water partition coefficient (Wildman–Crippen LogP) is 3.52. The fourth-order valence-corrected chi connectivity index (χ4v) is 7.56. The lowest BCUT2D eigenvalue weighted by Gasteiger charge is -2.41. The lowest BCUT2D eigenvalue weighted by atomic mass is 9.67. The maximum absolute atomic E-state index is 4.04. The molecule has 0 aliphatic heterocycles. The first-order valence-corrected chi connectivity index (χ1v) is 10.5. The minimum absolute atomic E-state index is 0.845. The van der Waals surface area contributed by atoms with Crippen molar-refractivity contribution in [3.05, 3.63) is 12.7 Å². The van der Waals surface area contributed by atoms with Gasteiger partial charge in [-0.25, -0.2) is 0 Å². The summed E-state index contributed by atoms with van der Waals surface area (Å²) in [5.74, 6) is 6.68. The molecule has 3 saturated carbocycles. The van der Waals surface area contributed by atoms with Gasteiger partial charge in [0.05, 0.1) is 0 Å². The van der Waals surface area contributed by atoms with Gasteiger partial charge in [0.2, 0.25) is 0 Å². The number of thioether (sulfide) groups is 1. The first-order chi connectivity index (χ1) is 8.83. The van der Waals surface area contributed by atoms with Crippen LogP contribution in [0.4, 0.5) is 0 Å². The van der Waals surface area contributed by atoms with E-state index in [2.05, 4.69) is 24.4 Å². The molecule has 0 N–H and O–H groups in total. The Morgan fingerprint density at radius 3 is 2.78 bits per heavy atom. The monoisotopic (exact) mass is 280 g/mol. The van der Waals surface area contributed by atoms with Crippen LogP contribution in [0.2, 0.25) is 6.04 Å². The molecule has 0 nitrogen and oxygen atoms in total. The summed E-state index contributed by atoms with van der Waals surface area (Å²) < 4.78 is 0. The van der Waals surface area contributed by atoms with Crippen LogP contribution < -0.4 is 0 Å². The quantitative estimate of drug-likeness (QED) is 0.422. The summed E-state index contributed by atoms with van der Waals surface area (Å²) in [7, 11) is 1.40. The highest BCUT2D eigenvalue weighted by molar-refractivity contribution is 7.99. The van der Waals surface area contributed by atoms with Crippen LogP contribution in [0, 0.1) is 29.6 Å². The van der Waals surface area contributed by atoms with Crippen LogP contribution >= 0.6 is 11.8 Å². The van der Waals surface area contributed by atoms with Crippen molar-refractivity contribution in [2.75, 3.05) is 5.75 Å². The number of hydrogen-bond acceptors (Lipinski definition) is 1. The largest absolute Gasteiger partial charge is 0.158 e. The minimum atomic E-state index is 0.845. The van der Waals surface area contributed by atoms with Gasteiger partial charge in [0.15, 0.2) is 0 Å². The standard InChI is InChI=1S/C16H28SSi/c1-2-11-4-5-13-12-9-15(14(13)8-11)16(10-12)17-6-3-7-18/h2,11-16H,1,3-10H2,18H3. The third kappa shape index (κ3) is 2.35. The lowest BCUT2D eigenvalue weighted by molar-refractivity contribution is 0.139. The molecule has 2 bridgehead atoms. The molecule has 0 aromatic rings. The summed E-state index contributed by atoms with van der Waals surface area (Å²) in [6.07, 6.45) is 11.3. The van der Waals surface area contributed by atoms with E-state index in [4.69, 9.17) is 0 Å². The van der Waals surface area contributed by atoms with Crippen LogP contribution in [0.15, 0.2) is 12.7 Å². The van der Waals surface area contributed by atoms with Crippen molar-refractivity contribution in [1.29, 1.82) is 0 Å². The molecular weight excluding hydrogens is 252 g/mol. The van der Waals surface area contributed by atoms with Gasteiger partial charge in [-0.15, -0.1) is 6.58 Å². The molecule has 18 heavy (non-hydrogen) atoms. The number of allylic oxidation sites excluding steroid dienone is 1. The third-order valence-corrected chi connectivity index (χ3v) is 8.10. The number of rotatable bonds is 5. The molecule has 102 valence electrons. The highest BCUT2D eigenvalue weighted by atomic mass is 32.2. The van der Waals surface area contributed by atoms with Gasteiger partial charge in [-0.05, 0) is 73.9 Å². The summed E-state index contributed by atoms with van der Waals surface area (Å²) in [5.41, 5.74) is 0. The van der Waals surface area contributed by atoms with Crippen molar-refractivity contribution < 1.29 is 0 Å². The van der Waals surface area contributed by atoms with Crippen molar-refractivity contribution in [3.63, 3.8) is 0 Å². The molecule has 0 spiro atoms. The predicted molar refractivity (Wildman–Crippen MR) is 86.3 cm³/mol. The average Bonchev–Trinajstić information content (AvgIpc) is 2.97. The van der Waals surface area contributed by atoms with Gasteiger partial charge in [-0.3, -0.25) is 0 Å². The van der Waals surface area contributed by atoms with Gasteiger partial charge in [0, 0.05) is 15.5 Å². The molecule has 3 rings (SSSR count). The average molecular weight is 281 g/mol. The van der Waals surface area contributed by atoms with Gasteiger partial charge >= 0.3 is 0 Å². The molecule has 0 heterocycles. The van der Waals surface area contributed by atoms with Crippen LogP contribution in [0.5, 0.6) is 0 Å². The fraction of sp³-hybridized carbons (Fsp3) is 0.875. The van der Waals surface area contributed by atoms with E-state index < -0.39 is 0 Å². The molecule has 0 amide bonds. The van der Waals surface area contributed by atoms with E-state index in [1.54, 1.807) is 12.8 Å². The van der Waals surface area contributed by atoms with Crippen LogP contribution in [-0.4, -0.2) is 21.2 Å². The van der Waals surface area contributed by atoms with Gasteiger partial charge in [-0.1, -0.05) is 12.1 Å². The lowest BCUT2D eigenvalue weighted by Crippen LogP contribution is -2.34. The maximum atomic E-state index is 4.04. The summed E-state index contributed by atoms with van der Waals surface area (Å²) in [5, 5.41) is 1.04. The first-order valence-electron chi connectivity index (χ1n) is 8.07. The molecule has 3 fully saturated rings. The third-order valence-electron chi connectivity index (χ3n) is 5.90. The number of hydrogen-bond donors (Lipinski definition) is 0. The minimum Gasteiger partial charge on any atom is -0.158 e. The van der Waals surface area contributed by atoms with Gasteiger partial charge in [0.25, 0.3) is 0 Å². The molecule has 2 heteroatoms. The van der Waals surface area contributed by atoms with Crippen molar-refractivity contribution in [1.82, 2.24) is 0 Å². The van der Waals surface area contributed by atoms with Crippen LogP contribution in [-0.2, 0) is 0 Å². The van der Waals surface area contributed by atoms with E-state index in [0.29, 0.717) is 0 Å². The molecule has 0 aromatic carbocycles. The van der Waals surface area contributed by atoms with E-state index in [1.807, 2.05) is 0 Å². The van der Waals surface area contributed by atoms with Crippen LogP contribution in [0.3, 0.4) is 0 Å². The highest BCUT2D eigenvalue weighted by Crippen LogP contribution is 2.60. The van der Waals surface area contributed by atoms with E-state index in [9.17, 15) is 0 Å². The Morgan fingerprint density at radius 1 is 1.11 bits per heavy atom. The Labute approximate surface area is 120 Å². The molecular formula is C16H28SSi. The summed E-state index contributed by atoms with van der Waals surface area (Å²) in [6, 6.07) is 1.50. The van der Waals surface area contributed by atoms with Crippen LogP contribution in [0.25, 0.3) is 0 Å². The maximum Gasteiger partial charge on any atom is 0.00809 e. The van der Waals surface area contributed by atoms with Crippen LogP contribution in [0.1, 0.15) is 38.5 Å². The summed E-state index contributed by atoms with van der Waals surface area (Å²) in [4.78, 5) is 0. The summed E-state index contributed by atoms with van der Waals surface area (Å²) in [6.45, 7) is 4.04. The highest BCUT2D eigenvalue weighted by Gasteiger charge is 2.53. The van der Waals surface area contributed by atoms with Gasteiger partial charge in [0.1, 0.15) is 0 Å². The van der Waals surface area contributed by atoms with Gasteiger partial charge < -0.3 is 0 Å². The Morgan fingerprint density at radius 2 is 2.00 bits per heavy atom. The molecule has 0 radical (unpaired) electrons. The zero-order valence-electron chi connectivity index (χ0n) is 11.8. The Bertz CT molecular complexity index is 303. The normalized spacial score (nSPS) is 46.2. The Hall–Kier alpha value is 0.307. The Balaban J connectivity index is 1.59. The van der Waals surface area contributed by atoms with Crippen molar-refractivity contribution >= 4 is 22.0 Å². The second-order valence-electron chi connectivity index (χ2n) is 6.79. The topological polar surface area (TPSA) is 0 Å². The zero-order valence-corrected chi connectivity index (χ0v) is 14.6. The molecule has 0 aromatic heterocycles. The van der Waals surface area contributed by atoms with Gasteiger partial charge in [-0.2, -0.15) is 11.8 Å².